The molecule has 0 saturated heterocycles. The van der Waals surface area contributed by atoms with Crippen LogP contribution in [0.4, 0.5) is 0 Å². The van der Waals surface area contributed by atoms with E-state index in [1.54, 1.807) is 6.20 Å². The van der Waals surface area contributed by atoms with Crippen LogP contribution in [-0.2, 0) is 6.54 Å². The first-order valence-electron chi connectivity index (χ1n) is 3.64. The van der Waals surface area contributed by atoms with Gasteiger partial charge < -0.3 is 5.73 Å². The normalized spacial score (nSPS) is 10.8. The van der Waals surface area contributed by atoms with Gasteiger partial charge in [-0.25, -0.2) is 4.98 Å². The van der Waals surface area contributed by atoms with Crippen LogP contribution in [0, 0.1) is 0 Å². The number of hydrogen-bond donors (Lipinski definition) is 1. The summed E-state index contributed by atoms with van der Waals surface area (Å²) in [5.41, 5.74) is 7.27. The van der Waals surface area contributed by atoms with Crippen molar-refractivity contribution in [2.75, 3.05) is 0 Å². The molecule has 12 heavy (non-hydrogen) atoms. The van der Waals surface area contributed by atoms with Crippen LogP contribution in [0.3, 0.4) is 0 Å². The van der Waals surface area contributed by atoms with Crippen molar-refractivity contribution in [3.63, 3.8) is 0 Å². The Morgan fingerprint density at radius 1 is 1.50 bits per heavy atom. The monoisotopic (exact) mass is 181 g/mol. The lowest BCUT2D eigenvalue weighted by molar-refractivity contribution is 0.960. The second kappa shape index (κ2) is 2.77. The number of halogens is 1. The molecule has 2 heterocycles. The molecule has 62 valence electrons. The molecule has 2 aromatic heterocycles. The molecule has 2 N–H and O–H groups in total. The second-order valence-corrected chi connectivity index (χ2v) is 2.88. The maximum atomic E-state index is 5.95. The van der Waals surface area contributed by atoms with E-state index in [4.69, 9.17) is 17.3 Å². The first kappa shape index (κ1) is 7.58. The predicted molar refractivity (Wildman–Crippen MR) is 48.1 cm³/mol. The minimum Gasteiger partial charge on any atom is -0.325 e. The third-order valence-electron chi connectivity index (χ3n) is 1.76. The average molecular weight is 182 g/mol. The van der Waals surface area contributed by atoms with Crippen molar-refractivity contribution < 1.29 is 0 Å². The molecule has 0 unspecified atom stereocenters. The lowest BCUT2D eigenvalue weighted by Gasteiger charge is -1.99. The van der Waals surface area contributed by atoms with Gasteiger partial charge >= 0.3 is 0 Å². The van der Waals surface area contributed by atoms with Crippen molar-refractivity contribution in [3.05, 3.63) is 35.2 Å². The van der Waals surface area contributed by atoms with Crippen molar-refractivity contribution in [1.29, 1.82) is 0 Å². The van der Waals surface area contributed by atoms with E-state index in [2.05, 4.69) is 4.98 Å². The van der Waals surface area contributed by atoms with E-state index >= 15 is 0 Å². The molecule has 4 heteroatoms. The quantitative estimate of drug-likeness (QED) is 0.677. The van der Waals surface area contributed by atoms with Crippen molar-refractivity contribution in [2.45, 2.75) is 6.54 Å². The van der Waals surface area contributed by atoms with E-state index in [0.717, 1.165) is 11.3 Å². The minimum absolute atomic E-state index is 0.449. The van der Waals surface area contributed by atoms with E-state index in [0.29, 0.717) is 11.7 Å². The molecule has 0 saturated carbocycles. The molecule has 0 fully saturated rings. The van der Waals surface area contributed by atoms with E-state index in [-0.39, 0.29) is 0 Å². The summed E-state index contributed by atoms with van der Waals surface area (Å²) >= 11 is 5.95. The van der Waals surface area contributed by atoms with E-state index in [9.17, 15) is 0 Å². The summed E-state index contributed by atoms with van der Waals surface area (Å²) in [5.74, 6) is 0. The van der Waals surface area contributed by atoms with Gasteiger partial charge in [-0.15, -0.1) is 0 Å². The number of fused-ring (bicyclic) bond motifs is 1. The Kier molecular flexibility index (Phi) is 1.75. The molecule has 0 aromatic carbocycles. The van der Waals surface area contributed by atoms with Crippen LogP contribution in [0.2, 0.25) is 5.15 Å². The molecular weight excluding hydrogens is 174 g/mol. The molecule has 0 aliphatic rings. The van der Waals surface area contributed by atoms with Crippen molar-refractivity contribution in [3.8, 4) is 0 Å². The summed E-state index contributed by atoms with van der Waals surface area (Å²) in [6.45, 7) is 0.449. The summed E-state index contributed by atoms with van der Waals surface area (Å²) < 4.78 is 1.83. The van der Waals surface area contributed by atoms with E-state index in [1.165, 1.54) is 0 Å². The second-order valence-electron chi connectivity index (χ2n) is 2.50. The zero-order chi connectivity index (χ0) is 8.55. The third-order valence-corrected chi connectivity index (χ3v) is 2.06. The van der Waals surface area contributed by atoms with Crippen LogP contribution in [-0.4, -0.2) is 9.38 Å². The number of nitrogens with zero attached hydrogens (tertiary/aromatic N) is 2. The smallest absolute Gasteiger partial charge is 0.138 e. The molecule has 0 radical (unpaired) electrons. The third kappa shape index (κ3) is 0.983. The number of hydrogen-bond acceptors (Lipinski definition) is 2. The van der Waals surface area contributed by atoms with Gasteiger partial charge in [-0.05, 0) is 12.1 Å². The Labute approximate surface area is 74.8 Å². The topological polar surface area (TPSA) is 43.3 Å². The molecule has 0 bridgehead atoms. The molecule has 0 aliphatic heterocycles. The molecule has 0 aliphatic carbocycles. The van der Waals surface area contributed by atoms with Crippen LogP contribution in [0.5, 0.6) is 0 Å². The average Bonchev–Trinajstić information content (AvgIpc) is 2.49. The predicted octanol–water partition coefficient (Wildman–Crippen LogP) is 1.45. The molecule has 2 aromatic rings. The van der Waals surface area contributed by atoms with Crippen LogP contribution < -0.4 is 5.73 Å². The largest absolute Gasteiger partial charge is 0.325 e. The fourth-order valence-electron chi connectivity index (χ4n) is 1.20. The highest BCUT2D eigenvalue weighted by Crippen LogP contribution is 2.14. The molecule has 3 nitrogen and oxygen atoms in total. The zero-order valence-electron chi connectivity index (χ0n) is 6.37. The lowest BCUT2D eigenvalue weighted by Crippen LogP contribution is -2.00. The van der Waals surface area contributed by atoms with Crippen LogP contribution >= 0.6 is 11.6 Å². The highest BCUT2D eigenvalue weighted by molar-refractivity contribution is 6.29. The van der Waals surface area contributed by atoms with Gasteiger partial charge in [0.05, 0.1) is 11.9 Å². The number of rotatable bonds is 1. The molecule has 2 rings (SSSR count). The number of nitrogens with two attached hydrogens (primary N) is 1. The molecule has 0 spiro atoms. The lowest BCUT2D eigenvalue weighted by atomic mass is 10.4. The van der Waals surface area contributed by atoms with Gasteiger partial charge in [0.15, 0.2) is 0 Å². The standard InChI is InChI=1S/C8H8ClN3/c9-7-2-1-3-8-11-5-6(4-10)12(7)8/h1-3,5H,4,10H2. The fraction of sp³-hybridized carbons (Fsp3) is 0.125. The Morgan fingerprint density at radius 3 is 3.08 bits per heavy atom. The van der Waals surface area contributed by atoms with Gasteiger partial charge in [0.25, 0.3) is 0 Å². The zero-order valence-corrected chi connectivity index (χ0v) is 7.12. The van der Waals surface area contributed by atoms with Crippen molar-refractivity contribution in [1.82, 2.24) is 9.38 Å². The number of imidazole rings is 1. The van der Waals surface area contributed by atoms with Crippen LogP contribution in [0.15, 0.2) is 24.4 Å². The van der Waals surface area contributed by atoms with Crippen molar-refractivity contribution >= 4 is 17.2 Å². The summed E-state index contributed by atoms with van der Waals surface area (Å²) in [6.07, 6.45) is 1.74. The summed E-state index contributed by atoms with van der Waals surface area (Å²) in [4.78, 5) is 4.15. The Morgan fingerprint density at radius 2 is 2.33 bits per heavy atom. The maximum absolute atomic E-state index is 5.95. The Hall–Kier alpha value is -1.06. The SMILES string of the molecule is NCc1cnc2cccc(Cl)n12. The van der Waals surface area contributed by atoms with E-state index < -0.39 is 0 Å². The van der Waals surface area contributed by atoms with Gasteiger partial charge in [-0.3, -0.25) is 4.40 Å². The minimum atomic E-state index is 0.449. The van der Waals surface area contributed by atoms with Gasteiger partial charge in [0.2, 0.25) is 0 Å². The Bertz CT molecular complexity index is 408. The Balaban J connectivity index is 2.83. The highest BCUT2D eigenvalue weighted by atomic mass is 35.5. The fourth-order valence-corrected chi connectivity index (χ4v) is 1.47. The molecule has 0 amide bonds. The summed E-state index contributed by atoms with van der Waals surface area (Å²) in [6, 6.07) is 5.57. The molecular formula is C8H8ClN3. The van der Waals surface area contributed by atoms with Crippen LogP contribution in [0.1, 0.15) is 5.69 Å². The first-order chi connectivity index (χ1) is 5.83. The first-order valence-corrected chi connectivity index (χ1v) is 4.01. The van der Waals surface area contributed by atoms with E-state index in [1.807, 2.05) is 22.6 Å². The van der Waals surface area contributed by atoms with Gasteiger partial charge in [0, 0.05) is 6.54 Å². The number of aromatic nitrogens is 2. The number of pyridine rings is 1. The van der Waals surface area contributed by atoms with Gasteiger partial charge in [-0.1, -0.05) is 17.7 Å². The molecule has 0 atom stereocenters. The summed E-state index contributed by atoms with van der Waals surface area (Å²) in [7, 11) is 0. The highest BCUT2D eigenvalue weighted by Gasteiger charge is 2.02. The maximum Gasteiger partial charge on any atom is 0.138 e. The van der Waals surface area contributed by atoms with Crippen LogP contribution in [0.25, 0.3) is 5.65 Å². The van der Waals surface area contributed by atoms with Gasteiger partial charge in [-0.2, -0.15) is 0 Å². The van der Waals surface area contributed by atoms with Gasteiger partial charge in [0.1, 0.15) is 10.8 Å². The summed E-state index contributed by atoms with van der Waals surface area (Å²) in [5, 5.41) is 0.644. The van der Waals surface area contributed by atoms with Crippen molar-refractivity contribution in [2.24, 2.45) is 5.73 Å².